The molecule has 0 aliphatic carbocycles. The van der Waals surface area contributed by atoms with Gasteiger partial charge in [0.1, 0.15) is 17.0 Å². The fraction of sp³-hybridized carbons (Fsp3) is 0.304. The summed E-state index contributed by atoms with van der Waals surface area (Å²) < 4.78 is 0.734. The van der Waals surface area contributed by atoms with Gasteiger partial charge in [-0.3, -0.25) is 4.90 Å². The molecule has 0 amide bonds. The second-order valence-corrected chi connectivity index (χ2v) is 9.00. The summed E-state index contributed by atoms with van der Waals surface area (Å²) in [6.07, 6.45) is 6.26. The predicted octanol–water partition coefficient (Wildman–Crippen LogP) is 4.94. The van der Waals surface area contributed by atoms with E-state index in [1.54, 1.807) is 13.3 Å². The number of carboxylic acid groups (broad SMARTS) is 1. The number of aliphatic carboxylic acids is 1. The normalized spacial score (nSPS) is 14.7. The van der Waals surface area contributed by atoms with Crippen LogP contribution in [-0.4, -0.2) is 45.1 Å². The summed E-state index contributed by atoms with van der Waals surface area (Å²) >= 11 is 7.59. The molecule has 1 aliphatic rings. The van der Waals surface area contributed by atoms with Crippen molar-refractivity contribution in [2.75, 3.05) is 18.4 Å². The van der Waals surface area contributed by atoms with E-state index in [-0.39, 0.29) is 0 Å². The molecule has 1 aliphatic heterocycles. The number of nitriles is 1. The van der Waals surface area contributed by atoms with Crippen molar-refractivity contribution in [2.24, 2.45) is 0 Å². The fourth-order valence-corrected chi connectivity index (χ4v) is 4.57. The molecular formula is C23H24ClN5O2S. The van der Waals surface area contributed by atoms with Crippen LogP contribution in [0.15, 0.2) is 48.8 Å². The van der Waals surface area contributed by atoms with E-state index in [4.69, 9.17) is 22.0 Å². The maximum atomic E-state index is 9.51. The Balaban J connectivity index is 0.000000427. The molecule has 0 unspecified atom stereocenters. The van der Waals surface area contributed by atoms with E-state index in [0.29, 0.717) is 6.04 Å². The highest BCUT2D eigenvalue weighted by molar-refractivity contribution is 7.22. The Bertz CT molecular complexity index is 1130. The number of hydrogen-bond donors (Lipinski definition) is 2. The summed E-state index contributed by atoms with van der Waals surface area (Å²) in [5.41, 5.74) is 1.92. The van der Waals surface area contributed by atoms with Gasteiger partial charge in [0, 0.05) is 31.8 Å². The van der Waals surface area contributed by atoms with E-state index in [1.165, 1.54) is 23.0 Å². The van der Waals surface area contributed by atoms with Gasteiger partial charge in [-0.05, 0) is 43.5 Å². The summed E-state index contributed by atoms with van der Waals surface area (Å²) in [6.45, 7) is 4.59. The topological polar surface area (TPSA) is 102 Å². The summed E-state index contributed by atoms with van der Waals surface area (Å²) in [6, 6.07) is 12.4. The third-order valence-electron chi connectivity index (χ3n) is 5.00. The van der Waals surface area contributed by atoms with Gasteiger partial charge in [-0.2, -0.15) is 5.26 Å². The van der Waals surface area contributed by atoms with Crippen molar-refractivity contribution in [3.63, 3.8) is 0 Å². The van der Waals surface area contributed by atoms with Crippen LogP contribution < -0.4 is 5.32 Å². The van der Waals surface area contributed by atoms with E-state index in [1.807, 2.05) is 24.3 Å². The van der Waals surface area contributed by atoms with Crippen LogP contribution in [0.5, 0.6) is 0 Å². The second kappa shape index (κ2) is 11.6. The first-order valence-corrected chi connectivity index (χ1v) is 11.4. The van der Waals surface area contributed by atoms with E-state index in [0.717, 1.165) is 64.5 Å². The molecule has 0 spiro atoms. The number of nitrogens with one attached hydrogen (secondary N) is 1. The minimum absolute atomic E-state index is 0.397. The zero-order valence-corrected chi connectivity index (χ0v) is 19.2. The Labute approximate surface area is 196 Å². The van der Waals surface area contributed by atoms with Crippen molar-refractivity contribution in [1.29, 1.82) is 5.26 Å². The first-order chi connectivity index (χ1) is 15.5. The van der Waals surface area contributed by atoms with Crippen LogP contribution in [-0.2, 0) is 11.3 Å². The van der Waals surface area contributed by atoms with Crippen LogP contribution in [0.4, 0.5) is 5.82 Å². The second-order valence-electron chi connectivity index (χ2n) is 7.34. The average molecular weight is 470 g/mol. The smallest absolute Gasteiger partial charge is 0.327 e. The van der Waals surface area contributed by atoms with Gasteiger partial charge in [-0.25, -0.2) is 14.8 Å². The lowest BCUT2D eigenvalue weighted by Gasteiger charge is -2.32. The Morgan fingerprint density at radius 2 is 2.16 bits per heavy atom. The molecule has 3 heterocycles. The minimum atomic E-state index is -0.891. The highest BCUT2D eigenvalue weighted by Crippen LogP contribution is 2.32. The van der Waals surface area contributed by atoms with Crippen LogP contribution in [0.1, 0.15) is 30.9 Å². The number of allylic oxidation sites excluding steroid dienone is 1. The maximum Gasteiger partial charge on any atom is 0.327 e. The number of aromatic nitrogens is 2. The number of likely N-dealkylation sites (tertiary alicyclic amines) is 1. The Morgan fingerprint density at radius 3 is 2.81 bits per heavy atom. The first-order valence-electron chi connectivity index (χ1n) is 10.2. The van der Waals surface area contributed by atoms with Crippen LogP contribution in [0.3, 0.4) is 0 Å². The number of nitrogens with zero attached hydrogens (tertiary/aromatic N) is 4. The van der Waals surface area contributed by atoms with Gasteiger partial charge >= 0.3 is 5.97 Å². The van der Waals surface area contributed by atoms with Crippen molar-refractivity contribution < 1.29 is 9.90 Å². The summed E-state index contributed by atoms with van der Waals surface area (Å²) in [5, 5.41) is 21.4. The number of carboxylic acids is 1. The number of thiophene rings is 1. The SMILES string of the molecule is C/C=C\C(=O)O.N#Cc1cccc(CN2CCC(Nc3ncnc4sc(Cl)cc34)CC2)c1. The highest BCUT2D eigenvalue weighted by atomic mass is 35.5. The number of carbonyl (C=O) groups is 1. The molecule has 1 saturated heterocycles. The van der Waals surface area contributed by atoms with Crippen LogP contribution in [0.25, 0.3) is 10.2 Å². The number of anilines is 1. The van der Waals surface area contributed by atoms with Crippen LogP contribution in [0.2, 0.25) is 4.34 Å². The van der Waals surface area contributed by atoms with E-state index < -0.39 is 5.97 Å². The van der Waals surface area contributed by atoms with Gasteiger partial charge in [0.05, 0.1) is 21.4 Å². The van der Waals surface area contributed by atoms with Crippen molar-refractivity contribution in [3.8, 4) is 6.07 Å². The summed E-state index contributed by atoms with van der Waals surface area (Å²) in [5.74, 6) is -0.0178. The van der Waals surface area contributed by atoms with E-state index in [9.17, 15) is 4.79 Å². The Morgan fingerprint density at radius 1 is 1.38 bits per heavy atom. The molecule has 4 rings (SSSR count). The van der Waals surface area contributed by atoms with Gasteiger partial charge in [-0.15, -0.1) is 11.3 Å². The fourth-order valence-electron chi connectivity index (χ4n) is 3.51. The van der Waals surface area contributed by atoms with Crippen molar-refractivity contribution >= 4 is 44.9 Å². The number of rotatable bonds is 5. The van der Waals surface area contributed by atoms with Crippen molar-refractivity contribution in [3.05, 3.63) is 64.3 Å². The molecule has 0 atom stereocenters. The zero-order valence-electron chi connectivity index (χ0n) is 17.7. The van der Waals surface area contributed by atoms with Gasteiger partial charge < -0.3 is 10.4 Å². The molecule has 166 valence electrons. The van der Waals surface area contributed by atoms with E-state index >= 15 is 0 Å². The average Bonchev–Trinajstić information content (AvgIpc) is 3.17. The predicted molar refractivity (Wildman–Crippen MR) is 128 cm³/mol. The molecule has 0 saturated carbocycles. The van der Waals surface area contributed by atoms with Crippen molar-refractivity contribution in [2.45, 2.75) is 32.4 Å². The Hall–Kier alpha value is -2.99. The lowest BCUT2D eigenvalue weighted by molar-refractivity contribution is -0.131. The van der Waals surface area contributed by atoms with E-state index in [2.05, 4.69) is 32.3 Å². The van der Waals surface area contributed by atoms with Gasteiger partial charge in [0.25, 0.3) is 0 Å². The molecule has 32 heavy (non-hydrogen) atoms. The molecule has 9 heteroatoms. The molecule has 1 fully saturated rings. The minimum Gasteiger partial charge on any atom is -0.478 e. The number of piperidine rings is 1. The number of halogens is 1. The molecule has 3 aromatic rings. The van der Waals surface area contributed by atoms with Gasteiger partial charge in [-0.1, -0.05) is 29.8 Å². The monoisotopic (exact) mass is 469 g/mol. The first kappa shape index (κ1) is 23.7. The largest absolute Gasteiger partial charge is 0.478 e. The van der Waals surface area contributed by atoms with Gasteiger partial charge in [0.15, 0.2) is 0 Å². The van der Waals surface area contributed by atoms with Crippen LogP contribution >= 0.6 is 22.9 Å². The number of hydrogen-bond acceptors (Lipinski definition) is 7. The molecular weight excluding hydrogens is 446 g/mol. The molecule has 0 radical (unpaired) electrons. The molecule has 2 aromatic heterocycles. The zero-order chi connectivity index (χ0) is 22.9. The molecule has 2 N–H and O–H groups in total. The van der Waals surface area contributed by atoms with Gasteiger partial charge in [0.2, 0.25) is 0 Å². The molecule has 1 aromatic carbocycles. The third kappa shape index (κ3) is 6.76. The van der Waals surface area contributed by atoms with Crippen LogP contribution in [0, 0.1) is 11.3 Å². The molecule has 7 nitrogen and oxygen atoms in total. The third-order valence-corrected chi connectivity index (χ3v) is 6.17. The maximum absolute atomic E-state index is 9.51. The molecule has 0 bridgehead atoms. The van der Waals surface area contributed by atoms with Crippen molar-refractivity contribution in [1.82, 2.24) is 14.9 Å². The standard InChI is InChI=1S/C19H18ClN5S.C4H6O2/c20-17-9-16-18(22-12-23-19(16)26-17)24-15-4-6-25(7-5-15)11-14-3-1-2-13(8-14)10-21;1-2-3-4(5)6/h1-3,8-9,12,15H,4-7,11H2,(H,22,23,24);2-3H,1H3,(H,5,6)/b;3-2-. The highest BCUT2D eigenvalue weighted by Gasteiger charge is 2.20. The summed E-state index contributed by atoms with van der Waals surface area (Å²) in [7, 11) is 0. The quantitative estimate of drug-likeness (QED) is 0.510. The summed E-state index contributed by atoms with van der Waals surface area (Å²) in [4.78, 5) is 21.5. The number of benzene rings is 1. The Kier molecular flexibility index (Phi) is 8.56. The lowest BCUT2D eigenvalue weighted by Crippen LogP contribution is -2.38. The lowest BCUT2D eigenvalue weighted by atomic mass is 10.0. The number of fused-ring (bicyclic) bond motifs is 1.